The molecule has 1 aromatic heterocycles. The number of hydrogen-bond donors (Lipinski definition) is 4. The first kappa shape index (κ1) is 21.4. The zero-order valence-electron chi connectivity index (χ0n) is 15.8. The lowest BCUT2D eigenvalue weighted by Gasteiger charge is -2.21. The van der Waals surface area contributed by atoms with Crippen molar-refractivity contribution in [3.05, 3.63) is 53.3 Å². The summed E-state index contributed by atoms with van der Waals surface area (Å²) in [5.74, 6) is -0.550. The number of aryl methyl sites for hydroxylation is 1. The maximum absolute atomic E-state index is 12.5. The Bertz CT molecular complexity index is 882. The first-order chi connectivity index (χ1) is 12.8. The van der Waals surface area contributed by atoms with Crippen molar-refractivity contribution in [1.29, 1.82) is 0 Å². The summed E-state index contributed by atoms with van der Waals surface area (Å²) in [7, 11) is 3.51. The number of urea groups is 1. The van der Waals surface area contributed by atoms with Crippen LogP contribution in [0.1, 0.15) is 29.7 Å². The van der Waals surface area contributed by atoms with E-state index in [-0.39, 0.29) is 24.2 Å². The van der Waals surface area contributed by atoms with E-state index in [9.17, 15) is 14.4 Å². The first-order valence-electron chi connectivity index (χ1n) is 8.50. The van der Waals surface area contributed by atoms with Gasteiger partial charge in [0.25, 0.3) is 5.91 Å². The number of imide groups is 1. The highest BCUT2D eigenvalue weighted by Crippen LogP contribution is 2.24. The third-order valence-corrected chi connectivity index (χ3v) is 4.65. The Morgan fingerprint density at radius 3 is 2.46 bits per heavy atom. The molecule has 0 radical (unpaired) electrons. The Kier molecular flexibility index (Phi) is 6.42. The fraction of sp³-hybridized carbons (Fsp3) is 0.333. The summed E-state index contributed by atoms with van der Waals surface area (Å²) in [5.41, 5.74) is 1.24. The van der Waals surface area contributed by atoms with Crippen LogP contribution in [0.25, 0.3) is 0 Å². The lowest BCUT2D eigenvalue weighted by molar-refractivity contribution is -0.124. The van der Waals surface area contributed by atoms with Crippen molar-refractivity contribution >= 4 is 30.3 Å². The average molecular weight is 407 g/mol. The van der Waals surface area contributed by atoms with E-state index in [1.807, 2.05) is 12.1 Å². The fourth-order valence-electron chi connectivity index (χ4n) is 3.03. The highest BCUT2D eigenvalue weighted by Gasteiger charge is 2.43. The Balaban J connectivity index is 0.00000280. The minimum Gasteiger partial charge on any atom is -0.350 e. The number of carbonyl (C=O) groups is 3. The molecule has 2 heterocycles. The lowest BCUT2D eigenvalue weighted by Crippen LogP contribution is -2.40. The summed E-state index contributed by atoms with van der Waals surface area (Å²) < 4.78 is 1.64. The van der Waals surface area contributed by atoms with E-state index in [0.717, 1.165) is 11.1 Å². The van der Waals surface area contributed by atoms with Crippen molar-refractivity contribution < 1.29 is 14.4 Å². The number of halogens is 1. The predicted octanol–water partition coefficient (Wildman–Crippen LogP) is 0.473. The van der Waals surface area contributed by atoms with Crippen molar-refractivity contribution in [3.63, 3.8) is 0 Å². The number of hydrogen-bond acceptors (Lipinski definition) is 5. The van der Waals surface area contributed by atoms with Gasteiger partial charge in [-0.1, -0.05) is 24.3 Å². The molecule has 1 saturated heterocycles. The van der Waals surface area contributed by atoms with E-state index in [0.29, 0.717) is 12.1 Å². The molecule has 0 saturated carbocycles. The number of nitrogens with zero attached hydrogens (tertiary/aromatic N) is 2. The van der Waals surface area contributed by atoms with E-state index in [4.69, 9.17) is 0 Å². The largest absolute Gasteiger partial charge is 0.350 e. The van der Waals surface area contributed by atoms with Gasteiger partial charge in [0.1, 0.15) is 11.6 Å². The van der Waals surface area contributed by atoms with E-state index >= 15 is 0 Å². The van der Waals surface area contributed by atoms with Gasteiger partial charge in [0.15, 0.2) is 0 Å². The maximum Gasteiger partial charge on any atom is 0.322 e. The second kappa shape index (κ2) is 8.41. The van der Waals surface area contributed by atoms with E-state index in [2.05, 4.69) is 26.4 Å². The summed E-state index contributed by atoms with van der Waals surface area (Å²) in [4.78, 5) is 35.8. The summed E-state index contributed by atoms with van der Waals surface area (Å²) in [6.45, 7) is 1.99. The number of rotatable bonds is 6. The van der Waals surface area contributed by atoms with Crippen LogP contribution in [-0.2, 0) is 28.7 Å². The molecule has 150 valence electrons. The molecule has 10 heteroatoms. The molecule has 2 aromatic rings. The minimum atomic E-state index is -1.09. The molecule has 1 fully saturated rings. The van der Waals surface area contributed by atoms with Crippen LogP contribution in [0.2, 0.25) is 0 Å². The van der Waals surface area contributed by atoms with Crippen LogP contribution in [-0.4, -0.2) is 34.7 Å². The van der Waals surface area contributed by atoms with Crippen LogP contribution in [0.15, 0.2) is 36.7 Å². The van der Waals surface area contributed by atoms with E-state index < -0.39 is 17.6 Å². The Hall–Kier alpha value is -2.91. The number of nitrogens with one attached hydrogen (secondary N) is 4. The van der Waals surface area contributed by atoms with Gasteiger partial charge in [0.2, 0.25) is 5.91 Å². The quantitative estimate of drug-likeness (QED) is 0.520. The third kappa shape index (κ3) is 4.15. The predicted molar refractivity (Wildman–Crippen MR) is 105 cm³/mol. The van der Waals surface area contributed by atoms with E-state index in [1.165, 1.54) is 0 Å². The van der Waals surface area contributed by atoms with Gasteiger partial charge in [-0.2, -0.15) is 5.10 Å². The topological polar surface area (TPSA) is 117 Å². The minimum absolute atomic E-state index is 0. The second-order valence-corrected chi connectivity index (χ2v) is 6.62. The van der Waals surface area contributed by atoms with Crippen LogP contribution in [0.3, 0.4) is 0 Å². The van der Waals surface area contributed by atoms with Gasteiger partial charge in [-0.25, -0.2) is 4.79 Å². The van der Waals surface area contributed by atoms with Crippen molar-refractivity contribution in [3.8, 4) is 0 Å². The Morgan fingerprint density at radius 1 is 1.29 bits per heavy atom. The summed E-state index contributed by atoms with van der Waals surface area (Å²) >= 11 is 0. The molecule has 4 amide bonds. The van der Waals surface area contributed by atoms with Crippen LogP contribution in [0.5, 0.6) is 0 Å². The standard InChI is InChI=1S/C18H22N6O3.ClH/c1-18(16(26)22-17(27)23-18)13-6-4-11(5-7-13)8-20-15(25)14(19-2)12-9-21-24(3)10-12;/h4-7,9-10,14,19H,8H2,1-3H3,(H,20,25)(H2,22,23,26,27);1H. The van der Waals surface area contributed by atoms with Crippen molar-refractivity contribution in [2.24, 2.45) is 7.05 Å². The number of aromatic nitrogens is 2. The number of amides is 4. The molecule has 1 aliphatic heterocycles. The molecule has 2 unspecified atom stereocenters. The molecule has 28 heavy (non-hydrogen) atoms. The summed E-state index contributed by atoms with van der Waals surface area (Å²) in [6, 6.07) is 6.17. The third-order valence-electron chi connectivity index (χ3n) is 4.65. The van der Waals surface area contributed by atoms with Crippen molar-refractivity contribution in [2.45, 2.75) is 25.0 Å². The molecule has 2 atom stereocenters. The molecule has 0 spiro atoms. The van der Waals surface area contributed by atoms with Crippen LogP contribution in [0, 0.1) is 0 Å². The van der Waals surface area contributed by atoms with Crippen molar-refractivity contribution in [1.82, 2.24) is 31.0 Å². The molecular weight excluding hydrogens is 384 g/mol. The van der Waals surface area contributed by atoms with Gasteiger partial charge in [-0.05, 0) is 25.1 Å². The molecule has 4 N–H and O–H groups in total. The van der Waals surface area contributed by atoms with Crippen LogP contribution >= 0.6 is 12.4 Å². The summed E-state index contributed by atoms with van der Waals surface area (Å²) in [6.07, 6.45) is 3.44. The van der Waals surface area contributed by atoms with Crippen LogP contribution in [0.4, 0.5) is 4.79 Å². The Labute approximate surface area is 168 Å². The van der Waals surface area contributed by atoms with Crippen molar-refractivity contribution in [2.75, 3.05) is 7.05 Å². The monoisotopic (exact) mass is 406 g/mol. The fourth-order valence-corrected chi connectivity index (χ4v) is 3.03. The zero-order valence-corrected chi connectivity index (χ0v) is 16.6. The van der Waals surface area contributed by atoms with Gasteiger partial charge in [0.05, 0.1) is 6.20 Å². The molecule has 0 aliphatic carbocycles. The van der Waals surface area contributed by atoms with Gasteiger partial charge in [0, 0.05) is 25.4 Å². The average Bonchev–Trinajstić information content (AvgIpc) is 3.17. The highest BCUT2D eigenvalue weighted by molar-refractivity contribution is 6.07. The maximum atomic E-state index is 12.5. The molecule has 9 nitrogen and oxygen atoms in total. The van der Waals surface area contributed by atoms with Gasteiger partial charge >= 0.3 is 6.03 Å². The molecule has 3 rings (SSSR count). The first-order valence-corrected chi connectivity index (χ1v) is 8.50. The van der Waals surface area contributed by atoms with E-state index in [1.54, 1.807) is 50.2 Å². The normalized spacial score (nSPS) is 19.4. The smallest absolute Gasteiger partial charge is 0.322 e. The van der Waals surface area contributed by atoms with Gasteiger partial charge in [-0.15, -0.1) is 12.4 Å². The number of benzene rings is 1. The number of likely N-dealkylation sites (N-methyl/N-ethyl adjacent to an activating group) is 1. The zero-order chi connectivity index (χ0) is 19.6. The second-order valence-electron chi connectivity index (χ2n) is 6.62. The molecule has 0 bridgehead atoms. The molecule has 1 aliphatic rings. The number of carbonyl (C=O) groups excluding carboxylic acids is 3. The SMILES string of the molecule is CNC(C(=O)NCc1ccc(C2(C)NC(=O)NC2=O)cc1)c1cnn(C)c1.Cl. The van der Waals surface area contributed by atoms with Gasteiger partial charge < -0.3 is 16.0 Å². The summed E-state index contributed by atoms with van der Waals surface area (Å²) in [5, 5.41) is 14.8. The Morgan fingerprint density at radius 2 is 1.96 bits per heavy atom. The molecule has 1 aromatic carbocycles. The highest BCUT2D eigenvalue weighted by atomic mass is 35.5. The molecular formula is C18H23ClN6O3. The van der Waals surface area contributed by atoms with Crippen LogP contribution < -0.4 is 21.3 Å². The van der Waals surface area contributed by atoms with Gasteiger partial charge in [-0.3, -0.25) is 19.6 Å². The lowest BCUT2D eigenvalue weighted by atomic mass is 9.91.